The maximum Gasteiger partial charge on any atom is 0.246 e. The largest absolute Gasteiger partial charge is 0.495 e. The van der Waals surface area contributed by atoms with Crippen molar-refractivity contribution >= 4 is 15.8 Å². The molecule has 1 atom stereocenters. The van der Waals surface area contributed by atoms with Gasteiger partial charge in [-0.25, -0.2) is 18.4 Å². The molecule has 170 valence electrons. The standard InChI is InChI=1S/C22H33N5O3S/c1-15-10-19(30-6)20(11-16(15)2)31(28,29)27(5)14-21-24-18(12-22(25-21)26(3)4)17-8-7-9-23-13-17/h10-12,17,23H,7-9,13-14H2,1-6H3/t17-/m0/s1. The van der Waals surface area contributed by atoms with E-state index in [0.717, 1.165) is 48.6 Å². The Labute approximate surface area is 185 Å². The zero-order valence-corrected chi connectivity index (χ0v) is 20.1. The molecule has 0 saturated carbocycles. The van der Waals surface area contributed by atoms with Gasteiger partial charge in [-0.3, -0.25) is 0 Å². The van der Waals surface area contributed by atoms with Crippen LogP contribution in [0.5, 0.6) is 5.75 Å². The maximum atomic E-state index is 13.4. The van der Waals surface area contributed by atoms with Crippen molar-refractivity contribution in [2.45, 2.75) is 44.0 Å². The van der Waals surface area contributed by atoms with Gasteiger partial charge in [0.2, 0.25) is 10.0 Å². The molecule has 9 heteroatoms. The molecule has 1 aromatic heterocycles. The van der Waals surface area contributed by atoms with Crippen LogP contribution in [-0.2, 0) is 16.6 Å². The minimum absolute atomic E-state index is 0.0766. The molecule has 1 fully saturated rings. The average Bonchev–Trinajstić information content (AvgIpc) is 2.75. The number of anilines is 1. The van der Waals surface area contributed by atoms with E-state index in [0.29, 0.717) is 17.5 Å². The third kappa shape index (κ3) is 5.16. The van der Waals surface area contributed by atoms with Crippen LogP contribution in [-0.4, -0.2) is 64.0 Å². The quantitative estimate of drug-likeness (QED) is 0.697. The summed E-state index contributed by atoms with van der Waals surface area (Å²) in [5, 5.41) is 3.42. The van der Waals surface area contributed by atoms with Crippen molar-refractivity contribution < 1.29 is 13.2 Å². The first-order chi connectivity index (χ1) is 14.6. The van der Waals surface area contributed by atoms with Gasteiger partial charge in [0.25, 0.3) is 0 Å². The Morgan fingerprint density at radius 1 is 1.13 bits per heavy atom. The van der Waals surface area contributed by atoms with Gasteiger partial charge >= 0.3 is 0 Å². The van der Waals surface area contributed by atoms with E-state index in [1.807, 2.05) is 38.9 Å². The summed E-state index contributed by atoms with van der Waals surface area (Å²) in [7, 11) is 3.10. The number of piperidine rings is 1. The molecular weight excluding hydrogens is 414 g/mol. The van der Waals surface area contributed by atoms with Gasteiger partial charge in [-0.05, 0) is 56.5 Å². The Bertz CT molecular complexity index is 1030. The molecule has 0 aliphatic carbocycles. The van der Waals surface area contributed by atoms with E-state index in [2.05, 4.69) is 10.3 Å². The molecule has 8 nitrogen and oxygen atoms in total. The van der Waals surface area contributed by atoms with Crippen LogP contribution in [0.2, 0.25) is 0 Å². The van der Waals surface area contributed by atoms with E-state index >= 15 is 0 Å². The molecule has 0 radical (unpaired) electrons. The van der Waals surface area contributed by atoms with Gasteiger partial charge < -0.3 is 15.0 Å². The van der Waals surface area contributed by atoms with Crippen molar-refractivity contribution in [3.05, 3.63) is 40.8 Å². The number of aromatic nitrogens is 2. The number of benzene rings is 1. The van der Waals surface area contributed by atoms with E-state index in [1.165, 1.54) is 11.4 Å². The van der Waals surface area contributed by atoms with Gasteiger partial charge in [0.15, 0.2) is 0 Å². The summed E-state index contributed by atoms with van der Waals surface area (Å²) in [6.45, 7) is 5.79. The van der Waals surface area contributed by atoms with Gasteiger partial charge in [-0.15, -0.1) is 0 Å². The number of ether oxygens (including phenoxy) is 1. The van der Waals surface area contributed by atoms with Crippen LogP contribution in [0.4, 0.5) is 5.82 Å². The van der Waals surface area contributed by atoms with Gasteiger partial charge in [0, 0.05) is 39.7 Å². The van der Waals surface area contributed by atoms with Gasteiger partial charge in [-0.2, -0.15) is 4.31 Å². The summed E-state index contributed by atoms with van der Waals surface area (Å²) in [5.74, 6) is 1.91. The summed E-state index contributed by atoms with van der Waals surface area (Å²) >= 11 is 0. The van der Waals surface area contributed by atoms with Crippen LogP contribution < -0.4 is 15.0 Å². The second-order valence-corrected chi connectivity index (χ2v) is 10.4. The molecule has 1 aromatic carbocycles. The van der Waals surface area contributed by atoms with E-state index in [9.17, 15) is 8.42 Å². The summed E-state index contributed by atoms with van der Waals surface area (Å²) < 4.78 is 33.4. The van der Waals surface area contributed by atoms with Crippen molar-refractivity contribution in [1.82, 2.24) is 19.6 Å². The number of nitrogens with zero attached hydrogens (tertiary/aromatic N) is 4. The Balaban J connectivity index is 1.94. The second kappa shape index (κ2) is 9.50. The van der Waals surface area contributed by atoms with Crippen LogP contribution in [0.25, 0.3) is 0 Å². The predicted molar refractivity (Wildman–Crippen MR) is 122 cm³/mol. The Morgan fingerprint density at radius 3 is 2.45 bits per heavy atom. The van der Waals surface area contributed by atoms with E-state index in [-0.39, 0.29) is 11.4 Å². The second-order valence-electron chi connectivity index (χ2n) is 8.35. The smallest absolute Gasteiger partial charge is 0.246 e. The molecule has 2 heterocycles. The Hall–Kier alpha value is -2.23. The zero-order chi connectivity index (χ0) is 22.8. The zero-order valence-electron chi connectivity index (χ0n) is 19.3. The number of nitrogens with one attached hydrogen (secondary N) is 1. The minimum atomic E-state index is -3.79. The molecule has 3 rings (SSSR count). The highest BCUT2D eigenvalue weighted by atomic mass is 32.2. The van der Waals surface area contributed by atoms with Crippen molar-refractivity contribution in [3.63, 3.8) is 0 Å². The number of aryl methyl sites for hydroxylation is 2. The predicted octanol–water partition coefficient (Wildman–Crippen LogP) is 2.46. The third-order valence-corrected chi connectivity index (χ3v) is 7.61. The van der Waals surface area contributed by atoms with Crippen LogP contribution in [0.3, 0.4) is 0 Å². The van der Waals surface area contributed by atoms with Crippen molar-refractivity contribution in [1.29, 1.82) is 0 Å². The molecule has 1 aliphatic heterocycles. The molecule has 0 bridgehead atoms. The highest BCUT2D eigenvalue weighted by Crippen LogP contribution is 2.30. The van der Waals surface area contributed by atoms with Crippen LogP contribution >= 0.6 is 0 Å². The SMILES string of the molecule is COc1cc(C)c(C)cc1S(=O)(=O)N(C)Cc1nc([C@H]2CCCNC2)cc(N(C)C)n1. The molecule has 31 heavy (non-hydrogen) atoms. The lowest BCUT2D eigenvalue weighted by Gasteiger charge is -2.25. The topological polar surface area (TPSA) is 87.7 Å². The van der Waals surface area contributed by atoms with Crippen molar-refractivity contribution in [2.24, 2.45) is 0 Å². The molecule has 2 aromatic rings. The first-order valence-electron chi connectivity index (χ1n) is 10.5. The number of hydrogen-bond acceptors (Lipinski definition) is 7. The first kappa shape index (κ1) is 23.4. The van der Waals surface area contributed by atoms with Crippen molar-refractivity contribution in [3.8, 4) is 5.75 Å². The summed E-state index contributed by atoms with van der Waals surface area (Å²) in [4.78, 5) is 11.4. The molecule has 1 aliphatic rings. The molecular formula is C22H33N5O3S. The first-order valence-corrected chi connectivity index (χ1v) is 11.9. The summed E-state index contributed by atoms with van der Waals surface area (Å²) in [5.41, 5.74) is 2.83. The Kier molecular flexibility index (Phi) is 7.18. The van der Waals surface area contributed by atoms with E-state index in [1.54, 1.807) is 19.2 Å². The molecule has 1 N–H and O–H groups in total. The highest BCUT2D eigenvalue weighted by Gasteiger charge is 2.27. The number of hydrogen-bond donors (Lipinski definition) is 1. The minimum Gasteiger partial charge on any atom is -0.495 e. The fraction of sp³-hybridized carbons (Fsp3) is 0.545. The van der Waals surface area contributed by atoms with E-state index < -0.39 is 10.0 Å². The summed E-state index contributed by atoms with van der Waals surface area (Å²) in [6, 6.07) is 5.42. The van der Waals surface area contributed by atoms with Crippen LogP contribution in [0.15, 0.2) is 23.1 Å². The number of rotatable bonds is 7. The molecule has 0 amide bonds. The van der Waals surface area contributed by atoms with Gasteiger partial charge in [0.05, 0.1) is 19.3 Å². The normalized spacial score (nSPS) is 17.1. The molecule has 0 spiro atoms. The number of methoxy groups -OCH3 is 1. The van der Waals surface area contributed by atoms with E-state index in [4.69, 9.17) is 9.72 Å². The fourth-order valence-electron chi connectivity index (χ4n) is 3.69. The third-order valence-electron chi connectivity index (χ3n) is 5.78. The lowest BCUT2D eigenvalue weighted by Crippen LogP contribution is -2.31. The van der Waals surface area contributed by atoms with Crippen molar-refractivity contribution in [2.75, 3.05) is 46.2 Å². The maximum absolute atomic E-state index is 13.4. The van der Waals surface area contributed by atoms with Crippen LogP contribution in [0.1, 0.15) is 41.4 Å². The lowest BCUT2D eigenvalue weighted by molar-refractivity contribution is 0.396. The fourth-order valence-corrected chi connectivity index (χ4v) is 5.04. The van der Waals surface area contributed by atoms with Gasteiger partial charge in [-0.1, -0.05) is 0 Å². The Morgan fingerprint density at radius 2 is 1.84 bits per heavy atom. The summed E-state index contributed by atoms with van der Waals surface area (Å²) in [6.07, 6.45) is 2.16. The highest BCUT2D eigenvalue weighted by molar-refractivity contribution is 7.89. The van der Waals surface area contributed by atoms with Crippen LogP contribution in [0, 0.1) is 13.8 Å². The lowest BCUT2D eigenvalue weighted by atomic mass is 9.96. The monoisotopic (exact) mass is 447 g/mol. The van der Waals surface area contributed by atoms with Gasteiger partial charge in [0.1, 0.15) is 22.3 Å². The number of sulfonamides is 1. The molecule has 0 unspecified atom stereocenters. The molecule has 1 saturated heterocycles. The average molecular weight is 448 g/mol.